The summed E-state index contributed by atoms with van der Waals surface area (Å²) in [7, 11) is 0. The van der Waals surface area contributed by atoms with Gasteiger partial charge in [0.25, 0.3) is 5.91 Å². The molecule has 140 valence electrons. The average molecular weight is 364 g/mol. The summed E-state index contributed by atoms with van der Waals surface area (Å²) in [6.45, 7) is 4.12. The Labute approximate surface area is 158 Å². The van der Waals surface area contributed by atoms with Crippen molar-refractivity contribution in [3.05, 3.63) is 48.2 Å². The monoisotopic (exact) mass is 364 g/mol. The van der Waals surface area contributed by atoms with Gasteiger partial charge in [-0.2, -0.15) is 4.68 Å². The third-order valence-corrected chi connectivity index (χ3v) is 4.95. The van der Waals surface area contributed by atoms with E-state index < -0.39 is 0 Å². The van der Waals surface area contributed by atoms with Crippen molar-refractivity contribution < 1.29 is 4.79 Å². The van der Waals surface area contributed by atoms with Gasteiger partial charge < -0.3 is 10.2 Å². The van der Waals surface area contributed by atoms with Crippen LogP contribution in [0.4, 0.5) is 0 Å². The number of amides is 1. The van der Waals surface area contributed by atoms with E-state index in [1.807, 2.05) is 36.4 Å². The third kappa shape index (κ3) is 4.14. The second-order valence-corrected chi connectivity index (χ2v) is 6.91. The molecule has 1 N–H and O–H groups in total. The average Bonchev–Trinajstić information content (AvgIpc) is 3.16. The summed E-state index contributed by atoms with van der Waals surface area (Å²) in [4.78, 5) is 19.3. The van der Waals surface area contributed by atoms with E-state index in [9.17, 15) is 4.79 Å². The first-order valence-corrected chi connectivity index (χ1v) is 9.59. The highest BCUT2D eigenvalue weighted by Gasteiger charge is 2.12. The fraction of sp³-hybridized carbons (Fsp3) is 0.400. The number of nitrogens with one attached hydrogen (secondary N) is 1. The molecule has 27 heavy (non-hydrogen) atoms. The van der Waals surface area contributed by atoms with E-state index in [0.29, 0.717) is 17.8 Å². The number of carbonyl (C=O) groups is 1. The van der Waals surface area contributed by atoms with E-state index >= 15 is 0 Å². The largest absolute Gasteiger partial charge is 0.352 e. The smallest absolute Gasteiger partial charge is 0.251 e. The summed E-state index contributed by atoms with van der Waals surface area (Å²) in [5.41, 5.74) is 2.80. The molecule has 1 aromatic carbocycles. The van der Waals surface area contributed by atoms with Crippen LogP contribution in [0.15, 0.2) is 42.6 Å². The lowest BCUT2D eigenvalue weighted by atomic mass is 10.1. The van der Waals surface area contributed by atoms with Gasteiger partial charge >= 0.3 is 0 Å². The molecule has 0 atom stereocenters. The summed E-state index contributed by atoms with van der Waals surface area (Å²) in [5.74, 6) is -0.0622. The lowest BCUT2D eigenvalue weighted by molar-refractivity contribution is 0.0951. The first-order chi connectivity index (χ1) is 13.3. The van der Waals surface area contributed by atoms with E-state index in [1.165, 1.54) is 32.4 Å². The van der Waals surface area contributed by atoms with Gasteiger partial charge in [-0.15, -0.1) is 5.10 Å². The molecule has 1 amide bonds. The van der Waals surface area contributed by atoms with Crippen molar-refractivity contribution in [1.29, 1.82) is 0 Å². The Kier molecular flexibility index (Phi) is 5.39. The predicted octanol–water partition coefficient (Wildman–Crippen LogP) is 2.42. The van der Waals surface area contributed by atoms with Gasteiger partial charge in [0.1, 0.15) is 5.52 Å². The lowest BCUT2D eigenvalue weighted by Gasteiger charge is -2.26. The minimum absolute atomic E-state index is 0.0622. The molecule has 3 aromatic rings. The molecule has 0 aliphatic carbocycles. The predicted molar refractivity (Wildman–Crippen MR) is 104 cm³/mol. The van der Waals surface area contributed by atoms with Gasteiger partial charge in [0.05, 0.1) is 5.69 Å². The van der Waals surface area contributed by atoms with Crippen LogP contribution in [-0.4, -0.2) is 57.0 Å². The SMILES string of the molecule is O=C(NCCCN1CCCCC1)c1cccc(-n2nnc3cccnc32)c1. The number of hydrogen-bond acceptors (Lipinski definition) is 5. The van der Waals surface area contributed by atoms with Crippen LogP contribution in [0, 0.1) is 0 Å². The van der Waals surface area contributed by atoms with Crippen LogP contribution in [0.5, 0.6) is 0 Å². The zero-order chi connectivity index (χ0) is 18.5. The summed E-state index contributed by atoms with van der Waals surface area (Å²) in [6.07, 6.45) is 6.63. The normalized spacial score (nSPS) is 15.1. The van der Waals surface area contributed by atoms with E-state index in [1.54, 1.807) is 10.9 Å². The van der Waals surface area contributed by atoms with Crippen molar-refractivity contribution in [2.24, 2.45) is 0 Å². The van der Waals surface area contributed by atoms with Gasteiger partial charge in [0.2, 0.25) is 0 Å². The number of piperidine rings is 1. The number of benzene rings is 1. The van der Waals surface area contributed by atoms with Crippen molar-refractivity contribution in [1.82, 2.24) is 30.2 Å². The van der Waals surface area contributed by atoms with Gasteiger partial charge in [0.15, 0.2) is 5.65 Å². The van der Waals surface area contributed by atoms with Gasteiger partial charge in [-0.1, -0.05) is 17.7 Å². The maximum absolute atomic E-state index is 12.5. The van der Waals surface area contributed by atoms with Crippen LogP contribution in [0.1, 0.15) is 36.0 Å². The van der Waals surface area contributed by atoms with Gasteiger partial charge in [-0.25, -0.2) is 4.98 Å². The lowest BCUT2D eigenvalue weighted by Crippen LogP contribution is -2.33. The minimum atomic E-state index is -0.0622. The van der Waals surface area contributed by atoms with Crippen molar-refractivity contribution in [3.63, 3.8) is 0 Å². The molecule has 0 bridgehead atoms. The highest BCUT2D eigenvalue weighted by atomic mass is 16.1. The van der Waals surface area contributed by atoms with Crippen LogP contribution in [0.2, 0.25) is 0 Å². The summed E-state index contributed by atoms with van der Waals surface area (Å²) in [6, 6.07) is 11.1. The van der Waals surface area contributed by atoms with Crippen LogP contribution in [0.3, 0.4) is 0 Å². The van der Waals surface area contributed by atoms with E-state index in [2.05, 4.69) is 25.5 Å². The number of carbonyl (C=O) groups excluding carboxylic acids is 1. The van der Waals surface area contributed by atoms with Crippen molar-refractivity contribution in [3.8, 4) is 5.69 Å². The Hall–Kier alpha value is -2.80. The van der Waals surface area contributed by atoms with Crippen LogP contribution >= 0.6 is 0 Å². The van der Waals surface area contributed by atoms with Gasteiger partial charge in [-0.3, -0.25) is 4.79 Å². The van der Waals surface area contributed by atoms with Gasteiger partial charge in [-0.05, 0) is 69.2 Å². The summed E-state index contributed by atoms with van der Waals surface area (Å²) in [5, 5.41) is 11.3. The van der Waals surface area contributed by atoms with Crippen LogP contribution < -0.4 is 5.32 Å². The molecular formula is C20H24N6O. The van der Waals surface area contributed by atoms with Crippen molar-refractivity contribution in [2.45, 2.75) is 25.7 Å². The fourth-order valence-corrected chi connectivity index (χ4v) is 3.51. The molecule has 7 nitrogen and oxygen atoms in total. The standard InChI is InChI=1S/C20H24N6O/c27-20(22-11-6-14-25-12-2-1-3-13-25)16-7-4-8-17(15-16)26-19-18(23-24-26)9-5-10-21-19/h4-5,7-10,15H,1-3,6,11-14H2,(H,22,27). The maximum Gasteiger partial charge on any atom is 0.251 e. The number of likely N-dealkylation sites (tertiary alicyclic amines) is 1. The first-order valence-electron chi connectivity index (χ1n) is 9.59. The van der Waals surface area contributed by atoms with Gasteiger partial charge in [0, 0.05) is 18.3 Å². The molecule has 1 aliphatic heterocycles. The van der Waals surface area contributed by atoms with Crippen LogP contribution in [-0.2, 0) is 0 Å². The number of hydrogen-bond donors (Lipinski definition) is 1. The first kappa shape index (κ1) is 17.6. The molecular weight excluding hydrogens is 340 g/mol. The highest BCUT2D eigenvalue weighted by Crippen LogP contribution is 2.15. The van der Waals surface area contributed by atoms with Crippen molar-refractivity contribution in [2.75, 3.05) is 26.2 Å². The molecule has 1 fully saturated rings. The molecule has 0 unspecified atom stereocenters. The molecule has 0 radical (unpaired) electrons. The molecule has 0 saturated carbocycles. The maximum atomic E-state index is 12.5. The Morgan fingerprint density at radius 2 is 2.00 bits per heavy atom. The molecule has 1 saturated heterocycles. The molecule has 7 heteroatoms. The molecule has 3 heterocycles. The Morgan fingerprint density at radius 1 is 1.11 bits per heavy atom. The number of rotatable bonds is 6. The fourth-order valence-electron chi connectivity index (χ4n) is 3.51. The molecule has 4 rings (SSSR count). The molecule has 2 aromatic heterocycles. The summed E-state index contributed by atoms with van der Waals surface area (Å²) >= 11 is 0. The Balaban J connectivity index is 1.37. The van der Waals surface area contributed by atoms with E-state index in [4.69, 9.17) is 0 Å². The number of fused-ring (bicyclic) bond motifs is 1. The molecule has 1 aliphatic rings. The Bertz CT molecular complexity index is 915. The topological polar surface area (TPSA) is 75.9 Å². The highest BCUT2D eigenvalue weighted by molar-refractivity contribution is 5.94. The molecule has 0 spiro atoms. The number of nitrogens with zero attached hydrogens (tertiary/aromatic N) is 5. The minimum Gasteiger partial charge on any atom is -0.352 e. The number of pyridine rings is 1. The third-order valence-electron chi connectivity index (χ3n) is 4.95. The number of aromatic nitrogens is 4. The van der Waals surface area contributed by atoms with E-state index in [0.717, 1.165) is 24.2 Å². The second-order valence-electron chi connectivity index (χ2n) is 6.91. The summed E-state index contributed by atoms with van der Waals surface area (Å²) < 4.78 is 1.66. The zero-order valence-corrected chi connectivity index (χ0v) is 15.3. The van der Waals surface area contributed by atoms with Crippen LogP contribution in [0.25, 0.3) is 16.9 Å². The van der Waals surface area contributed by atoms with E-state index in [-0.39, 0.29) is 5.91 Å². The Morgan fingerprint density at radius 3 is 2.89 bits per heavy atom. The van der Waals surface area contributed by atoms with Crippen molar-refractivity contribution >= 4 is 17.1 Å². The quantitative estimate of drug-likeness (QED) is 0.680. The zero-order valence-electron chi connectivity index (χ0n) is 15.3. The second kappa shape index (κ2) is 8.26.